The molecule has 0 radical (unpaired) electrons. The molecule has 19 heavy (non-hydrogen) atoms. The molecule has 0 aliphatic heterocycles. The lowest BCUT2D eigenvalue weighted by Crippen LogP contribution is -2.14. The Bertz CT molecular complexity index is 558. The van der Waals surface area contributed by atoms with Gasteiger partial charge in [-0.05, 0) is 13.3 Å². The second-order valence-corrected chi connectivity index (χ2v) is 5.27. The molecule has 0 aliphatic rings. The molecule has 0 spiro atoms. The van der Waals surface area contributed by atoms with Gasteiger partial charge in [-0.2, -0.15) is 8.42 Å². The Hall–Kier alpha value is -1.67. The zero-order valence-corrected chi connectivity index (χ0v) is 12.0. The van der Waals surface area contributed by atoms with E-state index in [2.05, 4.69) is 14.2 Å². The first-order valence-corrected chi connectivity index (χ1v) is 7.15. The minimum absolute atomic E-state index is 0.195. The fraction of sp³-hybridized carbons (Fsp3) is 0.455. The smallest absolute Gasteiger partial charge is 0.338 e. The van der Waals surface area contributed by atoms with Gasteiger partial charge < -0.3 is 4.57 Å². The van der Waals surface area contributed by atoms with Gasteiger partial charge in [0.15, 0.2) is 0 Å². The monoisotopic (exact) mass is 286 g/mol. The van der Waals surface area contributed by atoms with Gasteiger partial charge in [-0.1, -0.05) is 6.92 Å². The molecule has 106 valence electrons. The summed E-state index contributed by atoms with van der Waals surface area (Å²) in [5, 5.41) is 0. The average Bonchev–Trinajstić information content (AvgIpc) is 3.01. The minimum atomic E-state index is -3.62. The van der Waals surface area contributed by atoms with Crippen molar-refractivity contribution < 1.29 is 12.6 Å². The van der Waals surface area contributed by atoms with Gasteiger partial charge in [-0.3, -0.25) is 4.18 Å². The van der Waals surface area contributed by atoms with Crippen LogP contribution in [0, 0.1) is 6.92 Å². The summed E-state index contributed by atoms with van der Waals surface area (Å²) in [6.07, 6.45) is 8.27. The Labute approximate surface area is 113 Å². The fourth-order valence-corrected chi connectivity index (χ4v) is 1.94. The number of nitrogens with zero attached hydrogens (tertiary/aromatic N) is 4. The van der Waals surface area contributed by atoms with Crippen LogP contribution in [-0.4, -0.2) is 33.5 Å². The van der Waals surface area contributed by atoms with Crippen molar-refractivity contribution >= 4 is 10.3 Å². The van der Waals surface area contributed by atoms with E-state index in [-0.39, 0.29) is 6.61 Å². The summed E-state index contributed by atoms with van der Waals surface area (Å²) in [5.74, 6) is 1.06. The first-order valence-electron chi connectivity index (χ1n) is 5.79. The van der Waals surface area contributed by atoms with Crippen LogP contribution in [0.25, 0.3) is 0 Å². The first kappa shape index (κ1) is 15.4. The summed E-state index contributed by atoms with van der Waals surface area (Å²) in [6, 6.07) is 0. The van der Waals surface area contributed by atoms with Crippen molar-refractivity contribution in [2.24, 2.45) is 7.05 Å². The summed E-state index contributed by atoms with van der Waals surface area (Å²) in [4.78, 5) is 7.58. The van der Waals surface area contributed by atoms with Crippen molar-refractivity contribution in [2.45, 2.75) is 20.3 Å². The first-order chi connectivity index (χ1) is 8.97. The van der Waals surface area contributed by atoms with Crippen molar-refractivity contribution in [2.75, 3.05) is 6.61 Å². The highest BCUT2D eigenvalue weighted by Gasteiger charge is 2.11. The van der Waals surface area contributed by atoms with Crippen LogP contribution in [0.15, 0.2) is 31.1 Å². The molecule has 2 aromatic rings. The summed E-state index contributed by atoms with van der Waals surface area (Å²) in [7, 11) is -1.65. The maximum Gasteiger partial charge on any atom is 0.367 e. The van der Waals surface area contributed by atoms with Crippen LogP contribution < -0.4 is 0 Å². The lowest BCUT2D eigenvalue weighted by Gasteiger charge is -2.02. The maximum absolute atomic E-state index is 11.2. The standard InChI is InChI=1S/C6H10N2O3S.C5H8N2/c1-2-5-11-12(9,10)8-4-3-7-6-8;1-5-6-3-4-7(5)2/h3-4,6H,2,5H2,1H3;3-4H,1-2H3. The van der Waals surface area contributed by atoms with Crippen molar-refractivity contribution in [3.63, 3.8) is 0 Å². The number of imidazole rings is 2. The Morgan fingerprint density at radius 3 is 2.42 bits per heavy atom. The van der Waals surface area contributed by atoms with Crippen LogP contribution in [0.3, 0.4) is 0 Å². The van der Waals surface area contributed by atoms with E-state index in [9.17, 15) is 8.42 Å². The van der Waals surface area contributed by atoms with Gasteiger partial charge >= 0.3 is 10.3 Å². The Morgan fingerprint density at radius 1 is 1.32 bits per heavy atom. The summed E-state index contributed by atoms with van der Waals surface area (Å²) < 4.78 is 29.8. The minimum Gasteiger partial charge on any atom is -0.338 e. The van der Waals surface area contributed by atoms with E-state index in [1.54, 1.807) is 6.20 Å². The molecule has 0 unspecified atom stereocenters. The van der Waals surface area contributed by atoms with Gasteiger partial charge in [0.25, 0.3) is 0 Å². The van der Waals surface area contributed by atoms with Crippen molar-refractivity contribution in [1.29, 1.82) is 0 Å². The molecule has 0 fully saturated rings. The summed E-state index contributed by atoms with van der Waals surface area (Å²) >= 11 is 0. The van der Waals surface area contributed by atoms with Gasteiger partial charge in [-0.25, -0.2) is 13.9 Å². The van der Waals surface area contributed by atoms with Crippen LogP contribution in [0.1, 0.15) is 19.2 Å². The van der Waals surface area contributed by atoms with E-state index in [1.165, 1.54) is 18.7 Å². The Kier molecular flexibility index (Phi) is 5.71. The normalized spacial score (nSPS) is 10.9. The highest BCUT2D eigenvalue weighted by atomic mass is 32.2. The van der Waals surface area contributed by atoms with Gasteiger partial charge in [0, 0.05) is 31.8 Å². The molecule has 0 aromatic carbocycles. The fourth-order valence-electron chi connectivity index (χ4n) is 1.07. The highest BCUT2D eigenvalue weighted by molar-refractivity contribution is 7.85. The topological polar surface area (TPSA) is 79.0 Å². The average molecular weight is 286 g/mol. The summed E-state index contributed by atoms with van der Waals surface area (Å²) in [6.45, 7) is 4.00. The van der Waals surface area contributed by atoms with E-state index in [4.69, 9.17) is 0 Å². The molecule has 0 amide bonds. The van der Waals surface area contributed by atoms with Gasteiger partial charge in [0.2, 0.25) is 0 Å². The van der Waals surface area contributed by atoms with Gasteiger partial charge in [-0.15, -0.1) is 0 Å². The van der Waals surface area contributed by atoms with E-state index >= 15 is 0 Å². The number of hydrogen-bond acceptors (Lipinski definition) is 5. The zero-order valence-electron chi connectivity index (χ0n) is 11.2. The summed E-state index contributed by atoms with van der Waals surface area (Å²) in [5.41, 5.74) is 0. The molecule has 0 bridgehead atoms. The molecule has 7 nitrogen and oxygen atoms in total. The Balaban J connectivity index is 0.000000218. The third kappa shape index (κ3) is 4.84. The SMILES string of the molecule is CCCOS(=O)(=O)n1ccnc1.Cc1nccn1C. The molecule has 0 saturated carbocycles. The molecule has 0 saturated heterocycles. The maximum atomic E-state index is 11.2. The predicted molar refractivity (Wildman–Crippen MR) is 70.7 cm³/mol. The second kappa shape index (κ2) is 7.05. The highest BCUT2D eigenvalue weighted by Crippen LogP contribution is 1.98. The van der Waals surface area contributed by atoms with Crippen LogP contribution >= 0.6 is 0 Å². The van der Waals surface area contributed by atoms with Crippen LogP contribution in [0.5, 0.6) is 0 Å². The van der Waals surface area contributed by atoms with E-state index < -0.39 is 10.3 Å². The van der Waals surface area contributed by atoms with Crippen molar-refractivity contribution in [3.8, 4) is 0 Å². The third-order valence-corrected chi connectivity index (χ3v) is 3.43. The molecule has 0 N–H and O–H groups in total. The van der Waals surface area contributed by atoms with E-state index in [0.717, 1.165) is 9.80 Å². The molecule has 0 atom stereocenters. The molecule has 8 heteroatoms. The molecular weight excluding hydrogens is 268 g/mol. The van der Waals surface area contributed by atoms with Crippen molar-refractivity contribution in [1.82, 2.24) is 18.5 Å². The van der Waals surface area contributed by atoms with Gasteiger partial charge in [0.05, 0.1) is 6.61 Å². The van der Waals surface area contributed by atoms with Crippen LogP contribution in [0.2, 0.25) is 0 Å². The third-order valence-electron chi connectivity index (χ3n) is 2.24. The predicted octanol–water partition coefficient (Wildman–Crippen LogP) is 1.13. The van der Waals surface area contributed by atoms with Crippen molar-refractivity contribution in [3.05, 3.63) is 36.9 Å². The van der Waals surface area contributed by atoms with E-state index in [1.807, 2.05) is 31.7 Å². The van der Waals surface area contributed by atoms with Crippen LogP contribution in [-0.2, 0) is 21.5 Å². The zero-order chi connectivity index (χ0) is 14.3. The van der Waals surface area contributed by atoms with Crippen LogP contribution in [0.4, 0.5) is 0 Å². The number of aromatic nitrogens is 4. The molecule has 2 heterocycles. The molecule has 2 rings (SSSR count). The molecular formula is C11H18N4O3S. The van der Waals surface area contributed by atoms with E-state index in [0.29, 0.717) is 6.42 Å². The molecule has 2 aromatic heterocycles. The number of hydrogen-bond donors (Lipinski definition) is 0. The quantitative estimate of drug-likeness (QED) is 0.842. The number of rotatable bonds is 4. The Morgan fingerprint density at radius 2 is 2.05 bits per heavy atom. The lowest BCUT2D eigenvalue weighted by molar-refractivity contribution is 0.312. The molecule has 0 aliphatic carbocycles. The second-order valence-electron chi connectivity index (χ2n) is 3.76. The number of aryl methyl sites for hydroxylation is 2. The van der Waals surface area contributed by atoms with Gasteiger partial charge in [0.1, 0.15) is 12.2 Å². The lowest BCUT2D eigenvalue weighted by atomic mass is 10.5. The largest absolute Gasteiger partial charge is 0.367 e.